The second-order valence-corrected chi connectivity index (χ2v) is 5.78. The third-order valence-corrected chi connectivity index (χ3v) is 3.86. The Morgan fingerprint density at radius 3 is 2.65 bits per heavy atom. The average molecular weight is 284 g/mol. The summed E-state index contributed by atoms with van der Waals surface area (Å²) in [5.74, 6) is 0. The number of ether oxygens (including phenoxy) is 1. The standard InChI is InChI=1S/C15H22F2N2O/c1-15(2)10-20-7-6-19(15)13(9-18)11-4-3-5-12(8-11)14(16)17/h3-5,8,13-14H,6-7,9-10,18H2,1-2H3. The number of morpholine rings is 1. The Labute approximate surface area is 118 Å². The Balaban J connectivity index is 2.29. The van der Waals surface area contributed by atoms with Crippen molar-refractivity contribution >= 4 is 0 Å². The lowest BCUT2D eigenvalue weighted by Gasteiger charge is -2.46. The average Bonchev–Trinajstić information content (AvgIpc) is 2.41. The summed E-state index contributed by atoms with van der Waals surface area (Å²) in [7, 11) is 0. The van der Waals surface area contributed by atoms with Crippen LogP contribution in [0.4, 0.5) is 8.78 Å². The minimum absolute atomic E-state index is 0.0482. The molecule has 1 unspecified atom stereocenters. The van der Waals surface area contributed by atoms with Crippen molar-refractivity contribution in [3.63, 3.8) is 0 Å². The van der Waals surface area contributed by atoms with Gasteiger partial charge in [0, 0.05) is 30.2 Å². The van der Waals surface area contributed by atoms with Gasteiger partial charge in [0.15, 0.2) is 0 Å². The van der Waals surface area contributed by atoms with E-state index in [2.05, 4.69) is 18.7 Å². The molecule has 1 fully saturated rings. The molecule has 1 heterocycles. The lowest BCUT2D eigenvalue weighted by atomic mass is 9.95. The molecule has 0 aliphatic carbocycles. The summed E-state index contributed by atoms with van der Waals surface area (Å²) in [6.07, 6.45) is -2.45. The second-order valence-electron chi connectivity index (χ2n) is 5.78. The molecule has 2 N–H and O–H groups in total. The summed E-state index contributed by atoms with van der Waals surface area (Å²) in [4.78, 5) is 2.25. The second kappa shape index (κ2) is 6.16. The molecule has 1 saturated heterocycles. The zero-order chi connectivity index (χ0) is 14.8. The predicted octanol–water partition coefficient (Wildman–Crippen LogP) is 2.73. The fourth-order valence-electron chi connectivity index (χ4n) is 2.79. The van der Waals surface area contributed by atoms with E-state index in [-0.39, 0.29) is 17.1 Å². The van der Waals surface area contributed by atoms with Crippen molar-refractivity contribution in [3.05, 3.63) is 35.4 Å². The minimum atomic E-state index is -2.45. The van der Waals surface area contributed by atoms with Crippen molar-refractivity contribution < 1.29 is 13.5 Å². The molecule has 0 saturated carbocycles. The van der Waals surface area contributed by atoms with Gasteiger partial charge in [-0.2, -0.15) is 0 Å². The van der Waals surface area contributed by atoms with E-state index in [1.54, 1.807) is 12.1 Å². The third-order valence-electron chi connectivity index (χ3n) is 3.86. The number of halogens is 2. The number of hydrogen-bond acceptors (Lipinski definition) is 3. The smallest absolute Gasteiger partial charge is 0.263 e. The molecule has 112 valence electrons. The van der Waals surface area contributed by atoms with Crippen LogP contribution in [0.1, 0.15) is 37.4 Å². The van der Waals surface area contributed by atoms with Crippen molar-refractivity contribution in [2.75, 3.05) is 26.3 Å². The Morgan fingerprint density at radius 2 is 2.05 bits per heavy atom. The minimum Gasteiger partial charge on any atom is -0.378 e. The molecule has 2 rings (SSSR count). The molecule has 0 aromatic heterocycles. The first-order valence-electron chi connectivity index (χ1n) is 6.88. The van der Waals surface area contributed by atoms with Crippen LogP contribution in [0.2, 0.25) is 0 Å². The fraction of sp³-hybridized carbons (Fsp3) is 0.600. The maximum atomic E-state index is 12.8. The third kappa shape index (κ3) is 3.16. The number of rotatable bonds is 4. The van der Waals surface area contributed by atoms with Crippen LogP contribution in [0.25, 0.3) is 0 Å². The molecular weight excluding hydrogens is 262 g/mol. The summed E-state index contributed by atoms with van der Waals surface area (Å²) in [6.45, 7) is 6.61. The van der Waals surface area contributed by atoms with Crippen LogP contribution in [-0.2, 0) is 4.74 Å². The van der Waals surface area contributed by atoms with E-state index >= 15 is 0 Å². The number of hydrogen-bond donors (Lipinski definition) is 1. The van der Waals surface area contributed by atoms with Crippen molar-refractivity contribution in [2.24, 2.45) is 5.73 Å². The normalized spacial score (nSPS) is 21.1. The van der Waals surface area contributed by atoms with Gasteiger partial charge < -0.3 is 10.5 Å². The Hall–Kier alpha value is -1.04. The number of benzene rings is 1. The van der Waals surface area contributed by atoms with Gasteiger partial charge in [0.1, 0.15) is 0 Å². The lowest BCUT2D eigenvalue weighted by Crippen LogP contribution is -2.55. The molecule has 3 nitrogen and oxygen atoms in total. The SMILES string of the molecule is CC1(C)COCCN1C(CN)c1cccc(C(F)F)c1. The van der Waals surface area contributed by atoms with Gasteiger partial charge in [-0.3, -0.25) is 4.90 Å². The molecule has 0 spiro atoms. The molecular formula is C15H22F2N2O. The van der Waals surface area contributed by atoms with Gasteiger partial charge in [-0.15, -0.1) is 0 Å². The quantitative estimate of drug-likeness (QED) is 0.924. The zero-order valence-electron chi connectivity index (χ0n) is 12.0. The van der Waals surface area contributed by atoms with E-state index in [0.717, 1.165) is 12.1 Å². The Bertz CT molecular complexity index is 451. The van der Waals surface area contributed by atoms with E-state index in [4.69, 9.17) is 10.5 Å². The van der Waals surface area contributed by atoms with Crippen LogP contribution >= 0.6 is 0 Å². The van der Waals surface area contributed by atoms with E-state index in [1.165, 1.54) is 6.07 Å². The van der Waals surface area contributed by atoms with Crippen LogP contribution in [0.15, 0.2) is 24.3 Å². The molecule has 1 aliphatic rings. The summed E-state index contributed by atoms with van der Waals surface area (Å²) >= 11 is 0. The van der Waals surface area contributed by atoms with Crippen LogP contribution in [-0.4, -0.2) is 36.7 Å². The van der Waals surface area contributed by atoms with Crippen molar-refractivity contribution in [1.29, 1.82) is 0 Å². The van der Waals surface area contributed by atoms with Gasteiger partial charge in [-0.05, 0) is 25.5 Å². The van der Waals surface area contributed by atoms with Crippen LogP contribution in [0.3, 0.4) is 0 Å². The number of nitrogens with zero attached hydrogens (tertiary/aromatic N) is 1. The van der Waals surface area contributed by atoms with E-state index in [9.17, 15) is 8.78 Å². The number of alkyl halides is 2. The highest BCUT2D eigenvalue weighted by molar-refractivity contribution is 5.27. The highest BCUT2D eigenvalue weighted by atomic mass is 19.3. The summed E-state index contributed by atoms with van der Waals surface area (Å²) in [5, 5.41) is 0. The zero-order valence-corrected chi connectivity index (χ0v) is 12.0. The monoisotopic (exact) mass is 284 g/mol. The first kappa shape index (κ1) is 15.4. The van der Waals surface area contributed by atoms with Crippen molar-refractivity contribution in [2.45, 2.75) is 31.9 Å². The highest BCUT2D eigenvalue weighted by Crippen LogP contribution is 2.31. The van der Waals surface area contributed by atoms with E-state index < -0.39 is 6.43 Å². The Kier molecular flexibility index (Phi) is 4.73. The molecule has 0 amide bonds. The lowest BCUT2D eigenvalue weighted by molar-refractivity contribution is -0.0713. The highest BCUT2D eigenvalue weighted by Gasteiger charge is 2.35. The van der Waals surface area contributed by atoms with Gasteiger partial charge in [0.2, 0.25) is 0 Å². The fourth-order valence-corrected chi connectivity index (χ4v) is 2.79. The number of nitrogens with two attached hydrogens (primary N) is 1. The van der Waals surface area contributed by atoms with Crippen LogP contribution < -0.4 is 5.73 Å². The maximum Gasteiger partial charge on any atom is 0.263 e. The predicted molar refractivity (Wildman–Crippen MR) is 74.8 cm³/mol. The van der Waals surface area contributed by atoms with Crippen LogP contribution in [0, 0.1) is 0 Å². The molecule has 0 radical (unpaired) electrons. The summed E-state index contributed by atoms with van der Waals surface area (Å²) < 4.78 is 31.2. The van der Waals surface area contributed by atoms with Crippen LogP contribution in [0.5, 0.6) is 0 Å². The maximum absolute atomic E-state index is 12.8. The van der Waals surface area contributed by atoms with Gasteiger partial charge in [-0.1, -0.05) is 18.2 Å². The molecule has 1 aliphatic heterocycles. The first-order chi connectivity index (χ1) is 9.45. The topological polar surface area (TPSA) is 38.5 Å². The Morgan fingerprint density at radius 1 is 1.35 bits per heavy atom. The molecule has 20 heavy (non-hydrogen) atoms. The molecule has 5 heteroatoms. The largest absolute Gasteiger partial charge is 0.378 e. The molecule has 1 aromatic rings. The first-order valence-corrected chi connectivity index (χ1v) is 6.88. The van der Waals surface area contributed by atoms with Crippen molar-refractivity contribution in [1.82, 2.24) is 4.90 Å². The van der Waals surface area contributed by atoms with Crippen molar-refractivity contribution in [3.8, 4) is 0 Å². The van der Waals surface area contributed by atoms with Gasteiger partial charge in [-0.25, -0.2) is 8.78 Å². The molecule has 1 atom stereocenters. The molecule has 0 bridgehead atoms. The van der Waals surface area contributed by atoms with Gasteiger partial charge >= 0.3 is 0 Å². The van der Waals surface area contributed by atoms with E-state index in [1.807, 2.05) is 6.07 Å². The van der Waals surface area contributed by atoms with Gasteiger partial charge in [0.25, 0.3) is 6.43 Å². The summed E-state index contributed by atoms with van der Waals surface area (Å²) in [5.41, 5.74) is 6.66. The molecule has 1 aromatic carbocycles. The van der Waals surface area contributed by atoms with Gasteiger partial charge in [0.05, 0.1) is 13.2 Å². The van der Waals surface area contributed by atoms with E-state index in [0.29, 0.717) is 19.8 Å². The summed E-state index contributed by atoms with van der Waals surface area (Å²) in [6, 6.07) is 6.49.